The van der Waals surface area contributed by atoms with Gasteiger partial charge in [0.05, 0.1) is 17.8 Å². The second kappa shape index (κ2) is 7.18. The van der Waals surface area contributed by atoms with Gasteiger partial charge < -0.3 is 14.8 Å². The maximum Gasteiger partial charge on any atom is 0.262 e. The van der Waals surface area contributed by atoms with Crippen molar-refractivity contribution in [1.82, 2.24) is 0 Å². The van der Waals surface area contributed by atoms with Crippen molar-refractivity contribution in [2.75, 3.05) is 19.0 Å². The average molecular weight is 320 g/mol. The molecule has 5 heteroatoms. The number of hydrogen-bond donors (Lipinski definition) is 1. The molecule has 0 fully saturated rings. The van der Waals surface area contributed by atoms with E-state index in [9.17, 15) is 4.79 Å². The molecule has 0 aliphatic carbocycles. The molecule has 0 aliphatic heterocycles. The number of carbonyl (C=O) groups excluding carboxylic acids is 1. The first-order chi connectivity index (χ1) is 10.5. The number of carbonyl (C=O) groups is 1. The first-order valence-electron chi connectivity index (χ1n) is 6.83. The van der Waals surface area contributed by atoms with Gasteiger partial charge >= 0.3 is 0 Å². The lowest BCUT2D eigenvalue weighted by Crippen LogP contribution is -2.20. The van der Waals surface area contributed by atoms with E-state index in [0.29, 0.717) is 22.2 Å². The van der Waals surface area contributed by atoms with Gasteiger partial charge in [0.1, 0.15) is 11.5 Å². The summed E-state index contributed by atoms with van der Waals surface area (Å²) in [4.78, 5) is 12.0. The summed E-state index contributed by atoms with van der Waals surface area (Å²) >= 11 is 6.03. The molecule has 22 heavy (non-hydrogen) atoms. The number of methoxy groups -OCH3 is 1. The Labute approximate surface area is 135 Å². The van der Waals surface area contributed by atoms with Crippen molar-refractivity contribution < 1.29 is 14.3 Å². The Balaban J connectivity index is 2.01. The Kier molecular flexibility index (Phi) is 5.28. The van der Waals surface area contributed by atoms with Gasteiger partial charge in [0, 0.05) is 0 Å². The molecule has 0 radical (unpaired) electrons. The number of ether oxygens (including phenoxy) is 2. The highest BCUT2D eigenvalue weighted by atomic mass is 35.5. The molecule has 0 heterocycles. The summed E-state index contributed by atoms with van der Waals surface area (Å²) in [5, 5.41) is 3.25. The van der Waals surface area contributed by atoms with Crippen LogP contribution in [-0.2, 0) is 4.79 Å². The monoisotopic (exact) mass is 319 g/mol. The van der Waals surface area contributed by atoms with Gasteiger partial charge in [-0.1, -0.05) is 23.7 Å². The van der Waals surface area contributed by atoms with Crippen LogP contribution >= 0.6 is 11.6 Å². The molecule has 1 amide bonds. The quantitative estimate of drug-likeness (QED) is 0.906. The Morgan fingerprint density at radius 3 is 2.50 bits per heavy atom. The predicted molar refractivity (Wildman–Crippen MR) is 88.0 cm³/mol. The van der Waals surface area contributed by atoms with Crippen LogP contribution in [0.25, 0.3) is 0 Å². The van der Waals surface area contributed by atoms with Gasteiger partial charge in [-0.05, 0) is 49.2 Å². The molecule has 0 aromatic heterocycles. The maximum atomic E-state index is 12.0. The topological polar surface area (TPSA) is 47.6 Å². The summed E-state index contributed by atoms with van der Waals surface area (Å²) in [6.07, 6.45) is 0. The van der Waals surface area contributed by atoms with Crippen LogP contribution in [-0.4, -0.2) is 19.6 Å². The highest BCUT2D eigenvalue weighted by Gasteiger charge is 2.10. The minimum atomic E-state index is -0.276. The third-order valence-electron chi connectivity index (χ3n) is 3.07. The maximum absolute atomic E-state index is 12.0. The lowest BCUT2D eigenvalue weighted by atomic mass is 10.2. The standard InChI is InChI=1S/C17H18ClNO3/c1-11-5-7-15(21-3)14(8-11)19-17(20)10-22-16-9-12(2)4-6-13(16)18/h4-9H,10H2,1-3H3,(H,19,20). The molecule has 2 aromatic carbocycles. The van der Waals surface area contributed by atoms with E-state index in [2.05, 4.69) is 5.32 Å². The van der Waals surface area contributed by atoms with Crippen molar-refractivity contribution in [1.29, 1.82) is 0 Å². The third kappa shape index (κ3) is 4.15. The first kappa shape index (κ1) is 16.2. The van der Waals surface area contributed by atoms with Gasteiger partial charge in [-0.25, -0.2) is 0 Å². The number of benzene rings is 2. The van der Waals surface area contributed by atoms with E-state index in [1.165, 1.54) is 0 Å². The summed E-state index contributed by atoms with van der Waals surface area (Å²) < 4.78 is 10.7. The normalized spacial score (nSPS) is 10.2. The number of anilines is 1. The van der Waals surface area contributed by atoms with Crippen LogP contribution in [0.15, 0.2) is 36.4 Å². The van der Waals surface area contributed by atoms with Crippen molar-refractivity contribution in [3.05, 3.63) is 52.5 Å². The molecule has 116 valence electrons. The van der Waals surface area contributed by atoms with Gasteiger partial charge in [-0.15, -0.1) is 0 Å². The number of hydrogen-bond acceptors (Lipinski definition) is 3. The number of halogens is 1. The SMILES string of the molecule is COc1ccc(C)cc1NC(=O)COc1cc(C)ccc1Cl. The largest absolute Gasteiger partial charge is 0.495 e. The second-order valence-electron chi connectivity index (χ2n) is 4.97. The molecule has 2 rings (SSSR count). The molecule has 0 aliphatic rings. The molecule has 1 N–H and O–H groups in total. The van der Waals surface area contributed by atoms with Gasteiger partial charge in [-0.3, -0.25) is 4.79 Å². The highest BCUT2D eigenvalue weighted by Crippen LogP contribution is 2.26. The average Bonchev–Trinajstić information content (AvgIpc) is 2.48. The zero-order valence-electron chi connectivity index (χ0n) is 12.8. The molecule has 0 bridgehead atoms. The molecule has 2 aromatic rings. The van der Waals surface area contributed by atoms with E-state index in [0.717, 1.165) is 11.1 Å². The van der Waals surface area contributed by atoms with Crippen molar-refractivity contribution >= 4 is 23.2 Å². The minimum Gasteiger partial charge on any atom is -0.495 e. The van der Waals surface area contributed by atoms with Crippen molar-refractivity contribution in [2.24, 2.45) is 0 Å². The third-order valence-corrected chi connectivity index (χ3v) is 3.39. The molecule has 0 spiro atoms. The summed E-state index contributed by atoms with van der Waals surface area (Å²) in [5.41, 5.74) is 2.66. The molecule has 0 atom stereocenters. The van der Waals surface area contributed by atoms with E-state index in [1.54, 1.807) is 19.2 Å². The Morgan fingerprint density at radius 2 is 1.77 bits per heavy atom. The van der Waals surface area contributed by atoms with Crippen LogP contribution in [0.5, 0.6) is 11.5 Å². The van der Waals surface area contributed by atoms with Crippen LogP contribution in [0.2, 0.25) is 5.02 Å². The zero-order valence-corrected chi connectivity index (χ0v) is 13.5. The summed E-state index contributed by atoms with van der Waals surface area (Å²) in [5.74, 6) is 0.821. The Morgan fingerprint density at radius 1 is 1.09 bits per heavy atom. The van der Waals surface area contributed by atoms with E-state index in [-0.39, 0.29) is 12.5 Å². The van der Waals surface area contributed by atoms with E-state index in [4.69, 9.17) is 21.1 Å². The zero-order chi connectivity index (χ0) is 16.1. The van der Waals surface area contributed by atoms with Gasteiger partial charge in [0.2, 0.25) is 0 Å². The summed E-state index contributed by atoms with van der Waals surface area (Å²) in [7, 11) is 1.56. The number of rotatable bonds is 5. The Hall–Kier alpha value is -2.20. The van der Waals surface area contributed by atoms with E-state index < -0.39 is 0 Å². The van der Waals surface area contributed by atoms with Crippen molar-refractivity contribution in [3.8, 4) is 11.5 Å². The van der Waals surface area contributed by atoms with Crippen LogP contribution < -0.4 is 14.8 Å². The molecular weight excluding hydrogens is 302 g/mol. The lowest BCUT2D eigenvalue weighted by Gasteiger charge is -2.12. The van der Waals surface area contributed by atoms with E-state index in [1.807, 2.05) is 38.1 Å². The number of nitrogens with one attached hydrogen (secondary N) is 1. The van der Waals surface area contributed by atoms with Crippen molar-refractivity contribution in [2.45, 2.75) is 13.8 Å². The fraction of sp³-hybridized carbons (Fsp3) is 0.235. The molecule has 0 saturated heterocycles. The molecule has 0 saturated carbocycles. The van der Waals surface area contributed by atoms with Crippen LogP contribution in [0.1, 0.15) is 11.1 Å². The fourth-order valence-electron chi connectivity index (χ4n) is 1.97. The smallest absolute Gasteiger partial charge is 0.262 e. The number of aryl methyl sites for hydroxylation is 2. The van der Waals surface area contributed by atoms with Crippen LogP contribution in [0, 0.1) is 13.8 Å². The number of amides is 1. The minimum absolute atomic E-state index is 0.125. The van der Waals surface area contributed by atoms with Crippen LogP contribution in [0.3, 0.4) is 0 Å². The van der Waals surface area contributed by atoms with Gasteiger partial charge in [-0.2, -0.15) is 0 Å². The fourth-order valence-corrected chi connectivity index (χ4v) is 2.14. The first-order valence-corrected chi connectivity index (χ1v) is 7.21. The summed E-state index contributed by atoms with van der Waals surface area (Å²) in [6, 6.07) is 11.0. The van der Waals surface area contributed by atoms with E-state index >= 15 is 0 Å². The van der Waals surface area contributed by atoms with Crippen molar-refractivity contribution in [3.63, 3.8) is 0 Å². The van der Waals surface area contributed by atoms with Crippen LogP contribution in [0.4, 0.5) is 5.69 Å². The lowest BCUT2D eigenvalue weighted by molar-refractivity contribution is -0.118. The predicted octanol–water partition coefficient (Wildman–Crippen LogP) is 3.98. The molecule has 0 unspecified atom stereocenters. The van der Waals surface area contributed by atoms with Gasteiger partial charge in [0.25, 0.3) is 5.91 Å². The second-order valence-corrected chi connectivity index (χ2v) is 5.38. The highest BCUT2D eigenvalue weighted by molar-refractivity contribution is 6.32. The molecule has 4 nitrogen and oxygen atoms in total. The summed E-state index contributed by atoms with van der Waals surface area (Å²) in [6.45, 7) is 3.75. The van der Waals surface area contributed by atoms with Gasteiger partial charge in [0.15, 0.2) is 6.61 Å². The Bertz CT molecular complexity index is 686. The molecular formula is C17H18ClNO3.